The van der Waals surface area contributed by atoms with Gasteiger partial charge in [-0.05, 0) is 34.4 Å². The molecule has 5 aromatic rings. The fraction of sp³-hybridized carbons (Fsp3) is 0.182. The molecule has 0 amide bonds. The largest absolute Gasteiger partial charge is 0.305 e. The van der Waals surface area contributed by atoms with E-state index in [4.69, 9.17) is 4.98 Å². The fourth-order valence-corrected chi connectivity index (χ4v) is 5.86. The first-order valence-corrected chi connectivity index (χ1v) is 12.7. The van der Waals surface area contributed by atoms with E-state index in [1.807, 2.05) is 6.20 Å². The Morgan fingerprint density at radius 1 is 0.750 bits per heavy atom. The van der Waals surface area contributed by atoms with Gasteiger partial charge in [0.05, 0.1) is 0 Å². The molecule has 1 nitrogen and oxygen atoms in total. The van der Waals surface area contributed by atoms with Gasteiger partial charge in [-0.25, -0.2) is 0 Å². The van der Waals surface area contributed by atoms with E-state index in [2.05, 4.69) is 119 Å². The van der Waals surface area contributed by atoms with E-state index >= 15 is 0 Å². The molecule has 2 heterocycles. The zero-order chi connectivity index (χ0) is 24.1. The van der Waals surface area contributed by atoms with E-state index in [0.29, 0.717) is 11.8 Å². The van der Waals surface area contributed by atoms with Gasteiger partial charge in [-0.2, -0.15) is 0 Å². The number of benzene rings is 4. The van der Waals surface area contributed by atoms with Crippen molar-refractivity contribution >= 4 is 33.9 Å². The molecule has 0 saturated heterocycles. The Hall–Kier alpha value is -3.00. The summed E-state index contributed by atoms with van der Waals surface area (Å²) in [7, 11) is 0. The van der Waals surface area contributed by atoms with Crippen LogP contribution >= 0.6 is 0 Å². The molecule has 1 aliphatic heterocycles. The summed E-state index contributed by atoms with van der Waals surface area (Å²) in [4.78, 5) is 4.85. The van der Waals surface area contributed by atoms with Crippen molar-refractivity contribution in [3.63, 3.8) is 0 Å². The minimum absolute atomic E-state index is 0. The van der Waals surface area contributed by atoms with E-state index < -0.39 is 0 Å². The van der Waals surface area contributed by atoms with Crippen molar-refractivity contribution in [2.75, 3.05) is 0 Å². The van der Waals surface area contributed by atoms with Crippen molar-refractivity contribution in [1.82, 2.24) is 4.98 Å². The Labute approximate surface area is 228 Å². The predicted octanol–water partition coefficient (Wildman–Crippen LogP) is 6.44. The van der Waals surface area contributed by atoms with E-state index in [-0.39, 0.29) is 26.8 Å². The second-order valence-electron chi connectivity index (χ2n) is 10.3. The molecule has 4 aromatic carbocycles. The van der Waals surface area contributed by atoms with Crippen molar-refractivity contribution < 1.29 is 20.1 Å². The van der Waals surface area contributed by atoms with Gasteiger partial charge >= 0.3 is 0 Å². The summed E-state index contributed by atoms with van der Waals surface area (Å²) in [5.74, 6) is 0.885. The standard InChI is InChI=1S/C33H29BN.Ir/c1-21(2)25-13-8-14-26(22(3)4)32(25)34-30-16-9-19-35-33(30)29-18-17-24(20-31(29)34)28-15-7-11-23-10-5-6-12-27(23)28;/h5-17,19-22H,1-4H3;/q-1;. The van der Waals surface area contributed by atoms with Gasteiger partial charge in [-0.15, -0.1) is 29.2 Å². The second kappa shape index (κ2) is 9.81. The molecule has 3 heteroatoms. The van der Waals surface area contributed by atoms with Crippen LogP contribution in [0.25, 0.3) is 33.2 Å². The summed E-state index contributed by atoms with van der Waals surface area (Å²) in [5, 5.41) is 2.54. The second-order valence-corrected chi connectivity index (χ2v) is 10.3. The molecule has 179 valence electrons. The van der Waals surface area contributed by atoms with Crippen LogP contribution in [0.2, 0.25) is 0 Å². The molecule has 36 heavy (non-hydrogen) atoms. The molecule has 0 spiro atoms. The number of pyridine rings is 1. The molecule has 0 aliphatic carbocycles. The maximum absolute atomic E-state index is 4.85. The summed E-state index contributed by atoms with van der Waals surface area (Å²) < 4.78 is 0. The Balaban J connectivity index is 0.00000267. The number of fused-ring (bicyclic) bond motifs is 4. The minimum Gasteiger partial charge on any atom is -0.305 e. The van der Waals surface area contributed by atoms with Crippen LogP contribution in [0.15, 0.2) is 91.1 Å². The van der Waals surface area contributed by atoms with Crippen LogP contribution in [0.4, 0.5) is 0 Å². The molecule has 1 aliphatic rings. The summed E-state index contributed by atoms with van der Waals surface area (Å²) in [5.41, 5.74) is 11.6. The van der Waals surface area contributed by atoms with Crippen LogP contribution in [0.5, 0.6) is 0 Å². The first-order chi connectivity index (χ1) is 17.0. The predicted molar refractivity (Wildman–Crippen MR) is 151 cm³/mol. The van der Waals surface area contributed by atoms with E-state index in [1.165, 1.54) is 49.4 Å². The third-order valence-electron chi connectivity index (χ3n) is 7.48. The van der Waals surface area contributed by atoms with Crippen molar-refractivity contribution in [2.24, 2.45) is 0 Å². The van der Waals surface area contributed by atoms with Gasteiger partial charge in [0.2, 0.25) is 0 Å². The van der Waals surface area contributed by atoms with Crippen LogP contribution in [0, 0.1) is 6.07 Å². The van der Waals surface area contributed by atoms with Gasteiger partial charge in [0.1, 0.15) is 0 Å². The molecule has 0 atom stereocenters. The van der Waals surface area contributed by atoms with Crippen LogP contribution in [-0.2, 0) is 20.1 Å². The number of rotatable bonds is 4. The Morgan fingerprint density at radius 2 is 1.44 bits per heavy atom. The van der Waals surface area contributed by atoms with Gasteiger partial charge in [-0.3, -0.25) is 0 Å². The molecule has 1 aromatic heterocycles. The fourth-order valence-electron chi connectivity index (χ4n) is 5.86. The maximum Gasteiger partial charge on any atom is 0.182 e. The van der Waals surface area contributed by atoms with E-state index in [1.54, 1.807) is 0 Å². The van der Waals surface area contributed by atoms with Crippen molar-refractivity contribution in [2.45, 2.75) is 39.5 Å². The Bertz CT molecular complexity index is 1540. The maximum atomic E-state index is 4.85. The smallest absolute Gasteiger partial charge is 0.182 e. The molecule has 6 rings (SSSR count). The average molecular weight is 643 g/mol. The molecule has 0 unspecified atom stereocenters. The van der Waals surface area contributed by atoms with E-state index in [0.717, 1.165) is 11.3 Å². The average Bonchev–Trinajstić information content (AvgIpc) is 3.21. The van der Waals surface area contributed by atoms with Gasteiger partial charge in [0, 0.05) is 26.3 Å². The third-order valence-corrected chi connectivity index (χ3v) is 7.48. The Morgan fingerprint density at radius 3 is 2.19 bits per heavy atom. The molecule has 0 N–H and O–H groups in total. The van der Waals surface area contributed by atoms with Crippen molar-refractivity contribution in [3.05, 3.63) is 108 Å². The van der Waals surface area contributed by atoms with Crippen molar-refractivity contribution in [1.29, 1.82) is 0 Å². The molecule has 0 saturated carbocycles. The first-order valence-electron chi connectivity index (χ1n) is 12.7. The molecular weight excluding hydrogens is 613 g/mol. The molecule has 0 bridgehead atoms. The van der Waals surface area contributed by atoms with Crippen LogP contribution in [0.3, 0.4) is 0 Å². The van der Waals surface area contributed by atoms with Gasteiger partial charge in [0.25, 0.3) is 0 Å². The normalized spacial score (nSPS) is 12.1. The quantitative estimate of drug-likeness (QED) is 0.159. The van der Waals surface area contributed by atoms with Crippen LogP contribution in [-0.4, -0.2) is 11.7 Å². The summed E-state index contributed by atoms with van der Waals surface area (Å²) >= 11 is 0. The monoisotopic (exact) mass is 643 g/mol. The minimum atomic E-state index is 0. The number of hydrogen-bond donors (Lipinski definition) is 0. The SMILES string of the molecule is CC(C)c1cccc(C(C)C)c1B1c2cc(-c3cccc4ccccc34)c[c-]c2-c2ncccc21.[Ir]. The summed E-state index contributed by atoms with van der Waals surface area (Å²) in [6, 6.07) is 34.6. The zero-order valence-corrected chi connectivity index (χ0v) is 23.6. The summed E-state index contributed by atoms with van der Waals surface area (Å²) in [6.45, 7) is 9.39. The van der Waals surface area contributed by atoms with Gasteiger partial charge < -0.3 is 4.98 Å². The van der Waals surface area contributed by atoms with Gasteiger partial charge in [-0.1, -0.05) is 128 Å². The van der Waals surface area contributed by atoms with Crippen molar-refractivity contribution in [3.8, 4) is 22.4 Å². The van der Waals surface area contributed by atoms with E-state index in [9.17, 15) is 0 Å². The number of nitrogens with zero attached hydrogens (tertiary/aromatic N) is 1. The van der Waals surface area contributed by atoms with Crippen LogP contribution in [0.1, 0.15) is 50.7 Å². The molecule has 1 radical (unpaired) electrons. The third kappa shape index (κ3) is 3.96. The van der Waals surface area contributed by atoms with Gasteiger partial charge in [0.15, 0.2) is 6.71 Å². The van der Waals surface area contributed by atoms with Crippen LogP contribution < -0.4 is 16.4 Å². The number of hydrogen-bond acceptors (Lipinski definition) is 1. The molecule has 0 fully saturated rings. The topological polar surface area (TPSA) is 12.9 Å². The Kier molecular flexibility index (Phi) is 6.73. The molecular formula is C33H29BIrN-. The number of aromatic nitrogens is 1. The zero-order valence-electron chi connectivity index (χ0n) is 21.2. The first kappa shape index (κ1) is 24.7. The summed E-state index contributed by atoms with van der Waals surface area (Å²) in [6.07, 6.45) is 1.91.